The van der Waals surface area contributed by atoms with E-state index < -0.39 is 0 Å². The van der Waals surface area contributed by atoms with Gasteiger partial charge in [0.25, 0.3) is 0 Å². The topological polar surface area (TPSA) is 114 Å². The summed E-state index contributed by atoms with van der Waals surface area (Å²) in [5, 5.41) is 8.50. The Labute approximate surface area is 176 Å². The molecule has 0 spiro atoms. The second kappa shape index (κ2) is 6.56. The van der Waals surface area contributed by atoms with Crippen molar-refractivity contribution in [3.8, 4) is 34.0 Å². The van der Waals surface area contributed by atoms with Crippen LogP contribution in [0.5, 0.6) is 0 Å². The standard InChI is InChI=1S/C22H17N9/c1-12-25-11-19(31(12)2)16-7-14-17(10-26-16)29-30-21(14)22-27-18-9-24-8-15(20(18)28-22)13-3-5-23-6-4-13/h3-11H,1-2H3,(H,27,28)(H,29,30). The fourth-order valence-electron chi connectivity index (χ4n) is 3.77. The fourth-order valence-corrected chi connectivity index (χ4v) is 3.77. The van der Waals surface area contributed by atoms with E-state index in [4.69, 9.17) is 4.98 Å². The van der Waals surface area contributed by atoms with Gasteiger partial charge in [-0.3, -0.25) is 20.1 Å². The van der Waals surface area contributed by atoms with Crippen LogP contribution in [0, 0.1) is 6.92 Å². The summed E-state index contributed by atoms with van der Waals surface area (Å²) in [6, 6.07) is 5.91. The van der Waals surface area contributed by atoms with Crippen LogP contribution in [0.25, 0.3) is 56.0 Å². The first-order valence-corrected chi connectivity index (χ1v) is 9.76. The number of rotatable bonds is 3. The van der Waals surface area contributed by atoms with Gasteiger partial charge in [0.2, 0.25) is 0 Å². The zero-order chi connectivity index (χ0) is 20.9. The minimum atomic E-state index is 0.669. The zero-order valence-electron chi connectivity index (χ0n) is 16.8. The summed E-state index contributed by atoms with van der Waals surface area (Å²) in [5.41, 5.74) is 6.97. The fraction of sp³-hybridized carbons (Fsp3) is 0.0909. The second-order valence-electron chi connectivity index (χ2n) is 7.34. The molecule has 0 aliphatic carbocycles. The van der Waals surface area contributed by atoms with Crippen molar-refractivity contribution in [2.45, 2.75) is 6.92 Å². The maximum absolute atomic E-state index is 4.87. The number of aryl methyl sites for hydroxylation is 1. The number of imidazole rings is 2. The van der Waals surface area contributed by atoms with Gasteiger partial charge < -0.3 is 9.55 Å². The van der Waals surface area contributed by atoms with Gasteiger partial charge in [-0.25, -0.2) is 9.97 Å². The molecule has 150 valence electrons. The Balaban J connectivity index is 1.52. The molecule has 31 heavy (non-hydrogen) atoms. The van der Waals surface area contributed by atoms with E-state index in [9.17, 15) is 0 Å². The highest BCUT2D eigenvalue weighted by Crippen LogP contribution is 2.31. The number of fused-ring (bicyclic) bond motifs is 2. The molecule has 6 aromatic heterocycles. The molecule has 0 radical (unpaired) electrons. The predicted molar refractivity (Wildman–Crippen MR) is 117 cm³/mol. The lowest BCUT2D eigenvalue weighted by molar-refractivity contribution is 0.862. The number of pyridine rings is 3. The van der Waals surface area contributed by atoms with Crippen molar-refractivity contribution in [2.75, 3.05) is 0 Å². The van der Waals surface area contributed by atoms with Crippen LogP contribution in [0.2, 0.25) is 0 Å². The molecule has 0 saturated heterocycles. The van der Waals surface area contributed by atoms with E-state index in [1.807, 2.05) is 49.1 Å². The minimum absolute atomic E-state index is 0.669. The number of aromatic amines is 2. The van der Waals surface area contributed by atoms with Gasteiger partial charge in [0.1, 0.15) is 11.5 Å². The quantitative estimate of drug-likeness (QED) is 0.463. The summed E-state index contributed by atoms with van der Waals surface area (Å²) in [5.74, 6) is 1.60. The Kier molecular flexibility index (Phi) is 3.69. The summed E-state index contributed by atoms with van der Waals surface area (Å²) >= 11 is 0. The highest BCUT2D eigenvalue weighted by atomic mass is 15.1. The molecule has 6 heterocycles. The van der Waals surface area contributed by atoms with Crippen LogP contribution in [0.15, 0.2) is 55.4 Å². The van der Waals surface area contributed by atoms with E-state index in [0.717, 1.165) is 56.0 Å². The van der Waals surface area contributed by atoms with Crippen LogP contribution in [-0.2, 0) is 7.05 Å². The molecule has 6 rings (SSSR count). The van der Waals surface area contributed by atoms with E-state index in [1.54, 1.807) is 24.8 Å². The van der Waals surface area contributed by atoms with Crippen molar-refractivity contribution in [2.24, 2.45) is 7.05 Å². The van der Waals surface area contributed by atoms with Crippen LogP contribution in [0.1, 0.15) is 5.82 Å². The third-order valence-corrected chi connectivity index (χ3v) is 5.54. The number of hydrogen-bond acceptors (Lipinski definition) is 6. The first-order chi connectivity index (χ1) is 15.2. The van der Waals surface area contributed by atoms with Gasteiger partial charge in [-0.05, 0) is 30.7 Å². The summed E-state index contributed by atoms with van der Waals surface area (Å²) in [4.78, 5) is 25.7. The van der Waals surface area contributed by atoms with Gasteiger partial charge in [0.15, 0.2) is 5.82 Å². The van der Waals surface area contributed by atoms with Crippen molar-refractivity contribution in [3.05, 3.63) is 61.2 Å². The maximum Gasteiger partial charge on any atom is 0.159 e. The smallest absolute Gasteiger partial charge is 0.159 e. The minimum Gasteiger partial charge on any atom is -0.335 e. The summed E-state index contributed by atoms with van der Waals surface area (Å²) in [7, 11) is 1.98. The van der Waals surface area contributed by atoms with Crippen molar-refractivity contribution in [1.82, 2.24) is 44.7 Å². The molecule has 0 bridgehead atoms. The largest absolute Gasteiger partial charge is 0.335 e. The predicted octanol–water partition coefficient (Wildman–Crippen LogP) is 3.67. The van der Waals surface area contributed by atoms with Crippen molar-refractivity contribution >= 4 is 21.9 Å². The lowest BCUT2D eigenvalue weighted by Crippen LogP contribution is -1.95. The van der Waals surface area contributed by atoms with E-state index in [-0.39, 0.29) is 0 Å². The molecule has 9 nitrogen and oxygen atoms in total. The van der Waals surface area contributed by atoms with Crippen molar-refractivity contribution in [3.63, 3.8) is 0 Å². The lowest BCUT2D eigenvalue weighted by atomic mass is 10.1. The summed E-state index contributed by atoms with van der Waals surface area (Å²) in [6.07, 6.45) is 10.7. The Morgan fingerprint density at radius 3 is 2.61 bits per heavy atom. The average Bonchev–Trinajstić information content (AvgIpc) is 3.50. The molecule has 2 N–H and O–H groups in total. The van der Waals surface area contributed by atoms with E-state index in [1.165, 1.54) is 0 Å². The molecule has 0 fully saturated rings. The first kappa shape index (κ1) is 17.5. The highest BCUT2D eigenvalue weighted by molar-refractivity contribution is 5.97. The van der Waals surface area contributed by atoms with E-state index in [2.05, 4.69) is 35.1 Å². The van der Waals surface area contributed by atoms with E-state index in [0.29, 0.717) is 5.82 Å². The normalized spacial score (nSPS) is 11.5. The van der Waals surface area contributed by atoms with Crippen LogP contribution in [0.3, 0.4) is 0 Å². The molecule has 0 aromatic carbocycles. The molecule has 0 aliphatic rings. The van der Waals surface area contributed by atoms with Crippen LogP contribution in [-0.4, -0.2) is 44.7 Å². The number of nitrogens with zero attached hydrogens (tertiary/aromatic N) is 7. The molecule has 0 saturated carbocycles. The van der Waals surface area contributed by atoms with Gasteiger partial charge in [-0.1, -0.05) is 0 Å². The van der Waals surface area contributed by atoms with Crippen LogP contribution >= 0.6 is 0 Å². The SMILES string of the molecule is Cc1ncc(-c2cc3c(-c4nc5c(-c6ccncc6)cncc5[nH]4)n[nH]c3cn2)n1C. The molecule has 0 unspecified atom stereocenters. The monoisotopic (exact) mass is 407 g/mol. The van der Waals surface area contributed by atoms with Gasteiger partial charge in [-0.15, -0.1) is 0 Å². The van der Waals surface area contributed by atoms with Crippen molar-refractivity contribution < 1.29 is 0 Å². The Morgan fingerprint density at radius 2 is 1.81 bits per heavy atom. The molecular formula is C22H17N9. The molecular weight excluding hydrogens is 390 g/mol. The number of hydrogen-bond donors (Lipinski definition) is 2. The van der Waals surface area contributed by atoms with Gasteiger partial charge >= 0.3 is 0 Å². The number of aromatic nitrogens is 9. The third-order valence-electron chi connectivity index (χ3n) is 5.54. The van der Waals surface area contributed by atoms with E-state index >= 15 is 0 Å². The first-order valence-electron chi connectivity index (χ1n) is 9.76. The highest BCUT2D eigenvalue weighted by Gasteiger charge is 2.17. The maximum atomic E-state index is 4.87. The molecule has 9 heteroatoms. The Hall–Kier alpha value is -4.40. The van der Waals surface area contributed by atoms with Crippen LogP contribution < -0.4 is 0 Å². The molecule has 0 amide bonds. The number of H-pyrrole nitrogens is 2. The van der Waals surface area contributed by atoms with Gasteiger partial charge in [-0.2, -0.15) is 5.10 Å². The van der Waals surface area contributed by atoms with Crippen molar-refractivity contribution in [1.29, 1.82) is 0 Å². The summed E-state index contributed by atoms with van der Waals surface area (Å²) in [6.45, 7) is 1.97. The molecule has 0 atom stereocenters. The lowest BCUT2D eigenvalue weighted by Gasteiger charge is -2.03. The Bertz CT molecular complexity index is 1560. The number of nitrogens with one attached hydrogen (secondary N) is 2. The second-order valence-corrected chi connectivity index (χ2v) is 7.34. The third kappa shape index (κ3) is 2.71. The molecule has 0 aliphatic heterocycles. The van der Waals surface area contributed by atoms with Crippen LogP contribution in [0.4, 0.5) is 0 Å². The van der Waals surface area contributed by atoms with Gasteiger partial charge in [0, 0.05) is 36.6 Å². The average molecular weight is 407 g/mol. The zero-order valence-corrected chi connectivity index (χ0v) is 16.8. The van der Waals surface area contributed by atoms with Gasteiger partial charge in [0.05, 0.1) is 46.5 Å². The molecule has 6 aromatic rings. The summed E-state index contributed by atoms with van der Waals surface area (Å²) < 4.78 is 2.02. The Morgan fingerprint density at radius 1 is 0.935 bits per heavy atom.